The van der Waals surface area contributed by atoms with Gasteiger partial charge in [-0.1, -0.05) is 57.1 Å². The van der Waals surface area contributed by atoms with E-state index in [4.69, 9.17) is 9.47 Å². The Morgan fingerprint density at radius 3 is 2.38 bits per heavy atom. The maximum absolute atomic E-state index is 6.22. The minimum atomic E-state index is 0.519. The summed E-state index contributed by atoms with van der Waals surface area (Å²) < 4.78 is 11.7. The molecule has 1 unspecified atom stereocenters. The van der Waals surface area contributed by atoms with Gasteiger partial charge in [-0.3, -0.25) is 0 Å². The first-order chi connectivity index (χ1) is 14.3. The van der Waals surface area contributed by atoms with Crippen molar-refractivity contribution in [3.63, 3.8) is 0 Å². The highest BCUT2D eigenvalue weighted by Gasteiger charge is 2.16. The minimum Gasteiger partial charge on any atom is -0.497 e. The standard InChI is InChI=1S/C25H28NO2P/c1-27-21-14-15-23(28-19-20-10-4-2-5-11-20)25(18-21)29-24-13-7-6-12-22(24)26-16-8-3-9-17-26/h2,4-7,10-15,18,29H,3,8-9,16-17,19H2,1H3. The van der Waals surface area contributed by atoms with Crippen molar-refractivity contribution >= 4 is 24.9 Å². The molecular formula is C25H28NO2P. The van der Waals surface area contributed by atoms with Crippen LogP contribution in [-0.4, -0.2) is 20.2 Å². The molecule has 0 bridgehead atoms. The van der Waals surface area contributed by atoms with Gasteiger partial charge in [-0.2, -0.15) is 0 Å². The van der Waals surface area contributed by atoms with E-state index in [0.29, 0.717) is 15.2 Å². The highest BCUT2D eigenvalue weighted by atomic mass is 31.1. The van der Waals surface area contributed by atoms with Gasteiger partial charge in [-0.25, -0.2) is 0 Å². The number of piperidine rings is 1. The third-order valence-electron chi connectivity index (χ3n) is 5.29. The molecule has 0 aliphatic carbocycles. The molecule has 4 heteroatoms. The Morgan fingerprint density at radius 1 is 0.828 bits per heavy atom. The van der Waals surface area contributed by atoms with Crippen molar-refractivity contribution in [2.45, 2.75) is 25.9 Å². The molecule has 0 radical (unpaired) electrons. The SMILES string of the molecule is COc1ccc(OCc2ccccc2)c(Pc2ccccc2N2CCCCC2)c1. The van der Waals surface area contributed by atoms with Crippen molar-refractivity contribution in [1.29, 1.82) is 0 Å². The summed E-state index contributed by atoms with van der Waals surface area (Å²) in [5.41, 5.74) is 2.54. The molecule has 150 valence electrons. The zero-order valence-corrected chi connectivity index (χ0v) is 17.9. The highest BCUT2D eigenvalue weighted by Crippen LogP contribution is 2.29. The Hall–Kier alpha value is -2.51. The van der Waals surface area contributed by atoms with Crippen LogP contribution in [0.15, 0.2) is 72.8 Å². The number of nitrogens with zero attached hydrogens (tertiary/aromatic N) is 1. The quantitative estimate of drug-likeness (QED) is 0.522. The van der Waals surface area contributed by atoms with Crippen LogP contribution in [0.3, 0.4) is 0 Å². The Morgan fingerprint density at radius 2 is 1.59 bits per heavy atom. The molecule has 1 atom stereocenters. The van der Waals surface area contributed by atoms with Gasteiger partial charge in [0.05, 0.1) is 7.11 Å². The second-order valence-corrected chi connectivity index (χ2v) is 8.65. The summed E-state index contributed by atoms with van der Waals surface area (Å²) in [6.07, 6.45) is 3.90. The Kier molecular flexibility index (Phi) is 6.69. The summed E-state index contributed by atoms with van der Waals surface area (Å²) >= 11 is 0. The van der Waals surface area contributed by atoms with E-state index in [1.165, 1.54) is 41.1 Å². The molecule has 1 heterocycles. The summed E-state index contributed by atoms with van der Waals surface area (Å²) in [5, 5.41) is 2.55. The van der Waals surface area contributed by atoms with Crippen molar-refractivity contribution in [2.24, 2.45) is 0 Å². The number of benzene rings is 3. The monoisotopic (exact) mass is 405 g/mol. The molecule has 4 rings (SSSR count). The molecule has 0 N–H and O–H groups in total. The van der Waals surface area contributed by atoms with Crippen LogP contribution in [0.5, 0.6) is 11.5 Å². The Labute approximate surface area is 175 Å². The van der Waals surface area contributed by atoms with Gasteiger partial charge >= 0.3 is 0 Å². The second-order valence-electron chi connectivity index (χ2n) is 7.33. The summed E-state index contributed by atoms with van der Waals surface area (Å²) in [6, 6.07) is 25.2. The van der Waals surface area contributed by atoms with Gasteiger partial charge in [0, 0.05) is 29.4 Å². The molecule has 0 amide bonds. The number of ether oxygens (including phenoxy) is 2. The lowest BCUT2D eigenvalue weighted by atomic mass is 10.1. The molecule has 0 aromatic heterocycles. The molecule has 0 saturated carbocycles. The summed E-state index contributed by atoms with van der Waals surface area (Å²) in [5.74, 6) is 1.80. The minimum absolute atomic E-state index is 0.519. The van der Waals surface area contributed by atoms with Gasteiger partial charge in [0.25, 0.3) is 0 Å². The van der Waals surface area contributed by atoms with Gasteiger partial charge in [-0.15, -0.1) is 0 Å². The van der Waals surface area contributed by atoms with Crippen LogP contribution in [0, 0.1) is 0 Å². The van der Waals surface area contributed by atoms with E-state index in [0.717, 1.165) is 24.6 Å². The number of hydrogen-bond acceptors (Lipinski definition) is 3. The van der Waals surface area contributed by atoms with E-state index in [-0.39, 0.29) is 0 Å². The van der Waals surface area contributed by atoms with Crippen molar-refractivity contribution in [2.75, 3.05) is 25.1 Å². The van der Waals surface area contributed by atoms with Crippen LogP contribution in [0.4, 0.5) is 5.69 Å². The number of anilines is 1. The van der Waals surface area contributed by atoms with Crippen LogP contribution < -0.4 is 25.0 Å². The number of methoxy groups -OCH3 is 1. The van der Waals surface area contributed by atoms with E-state index in [2.05, 4.69) is 47.4 Å². The smallest absolute Gasteiger partial charge is 0.127 e. The number of para-hydroxylation sites is 1. The van der Waals surface area contributed by atoms with E-state index >= 15 is 0 Å². The topological polar surface area (TPSA) is 21.7 Å². The molecular weight excluding hydrogens is 377 g/mol. The lowest BCUT2D eigenvalue weighted by Crippen LogP contribution is -2.32. The molecule has 29 heavy (non-hydrogen) atoms. The fourth-order valence-corrected chi connectivity index (χ4v) is 5.06. The first-order valence-corrected chi connectivity index (χ1v) is 11.3. The van der Waals surface area contributed by atoms with Crippen LogP contribution in [-0.2, 0) is 6.61 Å². The highest BCUT2D eigenvalue weighted by molar-refractivity contribution is 7.56. The maximum Gasteiger partial charge on any atom is 0.127 e. The predicted octanol–water partition coefficient (Wildman–Crippen LogP) is 4.89. The zero-order valence-electron chi connectivity index (χ0n) is 16.9. The van der Waals surface area contributed by atoms with Gasteiger partial charge in [0.2, 0.25) is 0 Å². The number of rotatable bonds is 7. The van der Waals surface area contributed by atoms with Gasteiger partial charge in [0.1, 0.15) is 18.1 Å². The number of hydrogen-bond donors (Lipinski definition) is 0. The van der Waals surface area contributed by atoms with Crippen LogP contribution >= 0.6 is 8.58 Å². The first kappa shape index (κ1) is 19.8. The van der Waals surface area contributed by atoms with Crippen LogP contribution in [0.1, 0.15) is 24.8 Å². The van der Waals surface area contributed by atoms with Crippen molar-refractivity contribution in [3.8, 4) is 11.5 Å². The van der Waals surface area contributed by atoms with Crippen LogP contribution in [0.2, 0.25) is 0 Å². The molecule has 1 fully saturated rings. The van der Waals surface area contributed by atoms with Gasteiger partial charge in [0.15, 0.2) is 0 Å². The van der Waals surface area contributed by atoms with E-state index < -0.39 is 0 Å². The lowest BCUT2D eigenvalue weighted by molar-refractivity contribution is 0.308. The Balaban J connectivity index is 1.59. The van der Waals surface area contributed by atoms with Crippen molar-refractivity contribution in [1.82, 2.24) is 0 Å². The molecule has 3 aromatic carbocycles. The first-order valence-electron chi connectivity index (χ1n) is 10.3. The van der Waals surface area contributed by atoms with Crippen molar-refractivity contribution in [3.05, 3.63) is 78.4 Å². The molecule has 1 saturated heterocycles. The van der Waals surface area contributed by atoms with Crippen molar-refractivity contribution < 1.29 is 9.47 Å². The molecule has 0 spiro atoms. The fourth-order valence-electron chi connectivity index (χ4n) is 3.73. The summed E-state index contributed by atoms with van der Waals surface area (Å²) in [7, 11) is 2.24. The van der Waals surface area contributed by atoms with E-state index in [9.17, 15) is 0 Å². The summed E-state index contributed by atoms with van der Waals surface area (Å²) in [4.78, 5) is 2.54. The third kappa shape index (κ3) is 5.10. The third-order valence-corrected chi connectivity index (χ3v) is 6.65. The predicted molar refractivity (Wildman–Crippen MR) is 124 cm³/mol. The lowest BCUT2D eigenvalue weighted by Gasteiger charge is -2.30. The largest absolute Gasteiger partial charge is 0.497 e. The van der Waals surface area contributed by atoms with E-state index in [1.807, 2.05) is 30.3 Å². The molecule has 1 aliphatic heterocycles. The zero-order chi connectivity index (χ0) is 19.9. The normalized spacial score (nSPS) is 14.3. The molecule has 3 aromatic rings. The van der Waals surface area contributed by atoms with Gasteiger partial charge in [-0.05, 0) is 49.1 Å². The Bertz CT molecular complexity index is 923. The second kappa shape index (κ2) is 9.80. The average Bonchev–Trinajstić information content (AvgIpc) is 2.80. The van der Waals surface area contributed by atoms with Gasteiger partial charge < -0.3 is 14.4 Å². The van der Waals surface area contributed by atoms with E-state index in [1.54, 1.807) is 7.11 Å². The fraction of sp³-hybridized carbons (Fsp3) is 0.280. The maximum atomic E-state index is 6.22. The summed E-state index contributed by atoms with van der Waals surface area (Å²) in [6.45, 7) is 2.87. The average molecular weight is 405 g/mol. The van der Waals surface area contributed by atoms with Crippen LogP contribution in [0.25, 0.3) is 0 Å². The molecule has 1 aliphatic rings. The molecule has 3 nitrogen and oxygen atoms in total.